The molecule has 2 aromatic heterocycles. The molecule has 0 aliphatic carbocycles. The highest BCUT2D eigenvalue weighted by molar-refractivity contribution is 7.19. The van der Waals surface area contributed by atoms with Gasteiger partial charge in [-0.05, 0) is 42.6 Å². The SMILES string of the molecule is Cc1cc2cc(NC(=O)c3cc(N)cn3C)ccc2s1. The van der Waals surface area contributed by atoms with Gasteiger partial charge in [0.2, 0.25) is 0 Å². The van der Waals surface area contributed by atoms with Crippen molar-refractivity contribution in [3.8, 4) is 0 Å². The van der Waals surface area contributed by atoms with Crippen molar-refractivity contribution in [2.45, 2.75) is 6.92 Å². The lowest BCUT2D eigenvalue weighted by Crippen LogP contribution is -2.15. The Morgan fingerprint density at radius 2 is 2.10 bits per heavy atom. The molecular formula is C15H15N3OS. The van der Waals surface area contributed by atoms with Crippen molar-refractivity contribution in [3.05, 3.63) is 47.1 Å². The molecule has 0 bridgehead atoms. The summed E-state index contributed by atoms with van der Waals surface area (Å²) in [6.07, 6.45) is 1.72. The third-order valence-corrected chi connectivity index (χ3v) is 4.19. The molecule has 102 valence electrons. The van der Waals surface area contributed by atoms with Crippen molar-refractivity contribution in [3.63, 3.8) is 0 Å². The molecule has 20 heavy (non-hydrogen) atoms. The average Bonchev–Trinajstić information content (AvgIpc) is 2.90. The molecule has 1 aromatic carbocycles. The number of carbonyl (C=O) groups is 1. The van der Waals surface area contributed by atoms with E-state index in [1.165, 1.54) is 9.58 Å². The molecule has 3 N–H and O–H groups in total. The third-order valence-electron chi connectivity index (χ3n) is 3.16. The highest BCUT2D eigenvalue weighted by Gasteiger charge is 2.11. The molecule has 0 unspecified atom stereocenters. The van der Waals surface area contributed by atoms with Gasteiger partial charge in [0.15, 0.2) is 0 Å². The molecular weight excluding hydrogens is 270 g/mol. The molecule has 0 atom stereocenters. The molecule has 3 aromatic rings. The van der Waals surface area contributed by atoms with E-state index in [-0.39, 0.29) is 5.91 Å². The fourth-order valence-electron chi connectivity index (χ4n) is 2.26. The predicted molar refractivity (Wildman–Crippen MR) is 84.3 cm³/mol. The second kappa shape index (κ2) is 4.68. The summed E-state index contributed by atoms with van der Waals surface area (Å²) in [5.74, 6) is -0.157. The minimum Gasteiger partial charge on any atom is -0.397 e. The van der Waals surface area contributed by atoms with E-state index in [1.807, 2.05) is 18.2 Å². The number of thiophene rings is 1. The summed E-state index contributed by atoms with van der Waals surface area (Å²) >= 11 is 1.75. The van der Waals surface area contributed by atoms with Crippen LogP contribution in [-0.2, 0) is 7.05 Å². The number of hydrogen-bond donors (Lipinski definition) is 2. The van der Waals surface area contributed by atoms with Crippen LogP contribution in [0.3, 0.4) is 0 Å². The van der Waals surface area contributed by atoms with Gasteiger partial charge in [-0.1, -0.05) is 0 Å². The Balaban J connectivity index is 1.88. The lowest BCUT2D eigenvalue weighted by molar-refractivity contribution is 0.101. The third kappa shape index (κ3) is 2.28. The zero-order valence-corrected chi connectivity index (χ0v) is 12.1. The largest absolute Gasteiger partial charge is 0.397 e. The van der Waals surface area contributed by atoms with Crippen LogP contribution in [0.25, 0.3) is 10.1 Å². The number of anilines is 2. The van der Waals surface area contributed by atoms with Crippen molar-refractivity contribution in [2.24, 2.45) is 7.05 Å². The Morgan fingerprint density at radius 1 is 1.30 bits per heavy atom. The van der Waals surface area contributed by atoms with Crippen LogP contribution in [0.5, 0.6) is 0 Å². The number of amides is 1. The number of fused-ring (bicyclic) bond motifs is 1. The number of benzene rings is 1. The van der Waals surface area contributed by atoms with E-state index < -0.39 is 0 Å². The van der Waals surface area contributed by atoms with E-state index in [1.54, 1.807) is 35.2 Å². The van der Waals surface area contributed by atoms with Crippen molar-refractivity contribution in [1.82, 2.24) is 4.57 Å². The summed E-state index contributed by atoms with van der Waals surface area (Å²) in [6.45, 7) is 2.08. The quantitative estimate of drug-likeness (QED) is 0.758. The standard InChI is InChI=1S/C15H15N3OS/c1-9-5-10-6-12(3-4-14(10)20-9)17-15(19)13-7-11(16)8-18(13)2/h3-8H,16H2,1-2H3,(H,17,19). The first-order valence-corrected chi connectivity index (χ1v) is 7.08. The average molecular weight is 285 g/mol. The van der Waals surface area contributed by atoms with E-state index in [0.29, 0.717) is 11.4 Å². The molecule has 0 radical (unpaired) electrons. The molecule has 0 spiro atoms. The van der Waals surface area contributed by atoms with Crippen LogP contribution in [0.15, 0.2) is 36.5 Å². The van der Waals surface area contributed by atoms with Crippen LogP contribution in [0, 0.1) is 6.92 Å². The van der Waals surface area contributed by atoms with Crippen LogP contribution in [0.1, 0.15) is 15.4 Å². The normalized spacial score (nSPS) is 10.9. The second-order valence-electron chi connectivity index (χ2n) is 4.83. The van der Waals surface area contributed by atoms with Crippen LogP contribution in [0.2, 0.25) is 0 Å². The molecule has 3 rings (SSSR count). The molecule has 4 nitrogen and oxygen atoms in total. The van der Waals surface area contributed by atoms with Crippen LogP contribution >= 0.6 is 11.3 Å². The van der Waals surface area contributed by atoms with Gasteiger partial charge in [-0.2, -0.15) is 0 Å². The molecule has 1 amide bonds. The molecule has 0 aliphatic heterocycles. The molecule has 0 saturated heterocycles. The van der Waals surface area contributed by atoms with E-state index in [9.17, 15) is 4.79 Å². The molecule has 2 heterocycles. The maximum Gasteiger partial charge on any atom is 0.272 e. The summed E-state index contributed by atoms with van der Waals surface area (Å²) in [6, 6.07) is 9.73. The van der Waals surface area contributed by atoms with Gasteiger partial charge in [-0.3, -0.25) is 4.79 Å². The molecule has 0 aliphatic rings. The lowest BCUT2D eigenvalue weighted by atomic mass is 10.2. The highest BCUT2D eigenvalue weighted by Crippen LogP contribution is 2.27. The summed E-state index contributed by atoms with van der Waals surface area (Å²) in [5, 5.41) is 4.05. The van der Waals surface area contributed by atoms with E-state index in [2.05, 4.69) is 18.3 Å². The summed E-state index contributed by atoms with van der Waals surface area (Å²) in [7, 11) is 1.80. The van der Waals surface area contributed by atoms with Gasteiger partial charge in [0.25, 0.3) is 5.91 Å². The van der Waals surface area contributed by atoms with Crippen molar-refractivity contribution in [2.75, 3.05) is 11.1 Å². The van der Waals surface area contributed by atoms with Gasteiger partial charge in [0, 0.05) is 28.5 Å². The minimum absolute atomic E-state index is 0.157. The Hall–Kier alpha value is -2.27. The number of aromatic nitrogens is 1. The van der Waals surface area contributed by atoms with Crippen LogP contribution < -0.4 is 11.1 Å². The monoisotopic (exact) mass is 285 g/mol. The van der Waals surface area contributed by atoms with E-state index in [4.69, 9.17) is 5.73 Å². The van der Waals surface area contributed by atoms with Gasteiger partial charge in [-0.25, -0.2) is 0 Å². The Morgan fingerprint density at radius 3 is 2.80 bits per heavy atom. The number of carbonyl (C=O) groups excluding carboxylic acids is 1. The number of rotatable bonds is 2. The second-order valence-corrected chi connectivity index (χ2v) is 6.12. The van der Waals surface area contributed by atoms with Gasteiger partial charge in [0.1, 0.15) is 5.69 Å². The van der Waals surface area contributed by atoms with Crippen LogP contribution in [0.4, 0.5) is 11.4 Å². The zero-order valence-electron chi connectivity index (χ0n) is 11.3. The van der Waals surface area contributed by atoms with E-state index in [0.717, 1.165) is 11.1 Å². The fourth-order valence-corrected chi connectivity index (χ4v) is 3.17. The number of nitrogens with one attached hydrogen (secondary N) is 1. The van der Waals surface area contributed by atoms with Crippen molar-refractivity contribution < 1.29 is 4.79 Å². The topological polar surface area (TPSA) is 60.1 Å². The summed E-state index contributed by atoms with van der Waals surface area (Å²) < 4.78 is 2.95. The van der Waals surface area contributed by atoms with Gasteiger partial charge >= 0.3 is 0 Å². The first-order valence-electron chi connectivity index (χ1n) is 6.26. The smallest absolute Gasteiger partial charge is 0.272 e. The van der Waals surface area contributed by atoms with Gasteiger partial charge < -0.3 is 15.6 Å². The molecule has 5 heteroatoms. The molecule has 0 fully saturated rings. The summed E-state index contributed by atoms with van der Waals surface area (Å²) in [5.41, 5.74) is 7.61. The number of nitrogens with zero attached hydrogens (tertiary/aromatic N) is 1. The molecule has 0 saturated carbocycles. The highest BCUT2D eigenvalue weighted by atomic mass is 32.1. The van der Waals surface area contributed by atoms with Crippen molar-refractivity contribution >= 4 is 38.7 Å². The van der Waals surface area contributed by atoms with Gasteiger partial charge in [-0.15, -0.1) is 11.3 Å². The first kappa shape index (κ1) is 12.7. The van der Waals surface area contributed by atoms with Crippen LogP contribution in [-0.4, -0.2) is 10.5 Å². The fraction of sp³-hybridized carbons (Fsp3) is 0.133. The van der Waals surface area contributed by atoms with Gasteiger partial charge in [0.05, 0.1) is 5.69 Å². The number of hydrogen-bond acceptors (Lipinski definition) is 3. The van der Waals surface area contributed by atoms with E-state index >= 15 is 0 Å². The number of nitrogens with two attached hydrogens (primary N) is 1. The Kier molecular flexibility index (Phi) is 2.99. The maximum absolute atomic E-state index is 12.2. The first-order chi connectivity index (χ1) is 9.52. The maximum atomic E-state index is 12.2. The Bertz CT molecular complexity index is 801. The minimum atomic E-state index is -0.157. The zero-order chi connectivity index (χ0) is 14.3. The number of aryl methyl sites for hydroxylation is 2. The lowest BCUT2D eigenvalue weighted by Gasteiger charge is -2.06. The predicted octanol–water partition coefficient (Wildman–Crippen LogP) is 3.38. The summed E-state index contributed by atoms with van der Waals surface area (Å²) in [4.78, 5) is 13.5. The Labute approximate surface area is 120 Å². The number of nitrogen functional groups attached to an aromatic ring is 1. The van der Waals surface area contributed by atoms with Crippen molar-refractivity contribution in [1.29, 1.82) is 0 Å².